The molecule has 1 unspecified atom stereocenters. The van der Waals surface area contributed by atoms with Crippen molar-refractivity contribution in [3.63, 3.8) is 0 Å². The number of hydrogen-bond acceptors (Lipinski definition) is 3. The SMILES string of the molecule is Cc1cc(C(NN)c2ccc(Cl)cc2)nc2ccccc12. The standard InChI is InChI=1S/C17H16ClN3/c1-11-10-16(20-15-5-3-2-4-14(11)15)17(21-19)12-6-8-13(18)9-7-12/h2-10,17,21H,19H2,1H3. The highest BCUT2D eigenvalue weighted by molar-refractivity contribution is 6.30. The molecule has 1 aromatic heterocycles. The van der Waals surface area contributed by atoms with Gasteiger partial charge in [-0.25, -0.2) is 5.43 Å². The number of rotatable bonds is 3. The van der Waals surface area contributed by atoms with Gasteiger partial charge in [0.2, 0.25) is 0 Å². The maximum absolute atomic E-state index is 5.94. The summed E-state index contributed by atoms with van der Waals surface area (Å²) in [7, 11) is 0. The Kier molecular flexibility index (Phi) is 3.88. The predicted molar refractivity (Wildman–Crippen MR) is 87.1 cm³/mol. The third-order valence-corrected chi connectivity index (χ3v) is 3.86. The van der Waals surface area contributed by atoms with Gasteiger partial charge in [-0.2, -0.15) is 0 Å². The van der Waals surface area contributed by atoms with Gasteiger partial charge in [0.1, 0.15) is 0 Å². The Morgan fingerprint density at radius 1 is 1.10 bits per heavy atom. The highest BCUT2D eigenvalue weighted by Crippen LogP contribution is 2.25. The number of aromatic nitrogens is 1. The van der Waals surface area contributed by atoms with Gasteiger partial charge in [-0.1, -0.05) is 41.9 Å². The fraction of sp³-hybridized carbons (Fsp3) is 0.118. The lowest BCUT2D eigenvalue weighted by Gasteiger charge is -2.17. The molecule has 0 saturated heterocycles. The van der Waals surface area contributed by atoms with Crippen LogP contribution >= 0.6 is 11.6 Å². The molecule has 2 aromatic carbocycles. The highest BCUT2D eigenvalue weighted by atomic mass is 35.5. The van der Waals surface area contributed by atoms with Gasteiger partial charge < -0.3 is 0 Å². The quantitative estimate of drug-likeness (QED) is 0.572. The first-order chi connectivity index (χ1) is 10.2. The summed E-state index contributed by atoms with van der Waals surface area (Å²) in [6.07, 6.45) is 0. The van der Waals surface area contributed by atoms with Gasteiger partial charge in [-0.05, 0) is 42.3 Å². The van der Waals surface area contributed by atoms with E-state index in [9.17, 15) is 0 Å². The van der Waals surface area contributed by atoms with E-state index in [0.717, 1.165) is 22.2 Å². The van der Waals surface area contributed by atoms with Gasteiger partial charge in [0.05, 0.1) is 17.3 Å². The molecule has 0 aliphatic carbocycles. The molecule has 3 rings (SSSR count). The molecule has 0 aliphatic rings. The van der Waals surface area contributed by atoms with E-state index >= 15 is 0 Å². The number of hydrazine groups is 1. The number of nitrogens with two attached hydrogens (primary N) is 1. The zero-order chi connectivity index (χ0) is 14.8. The second kappa shape index (κ2) is 5.82. The Morgan fingerprint density at radius 3 is 2.52 bits per heavy atom. The van der Waals surface area contributed by atoms with Crippen LogP contribution in [0.1, 0.15) is 22.9 Å². The van der Waals surface area contributed by atoms with Crippen LogP contribution in [0.25, 0.3) is 10.9 Å². The van der Waals surface area contributed by atoms with Crippen LogP contribution in [0.15, 0.2) is 54.6 Å². The number of pyridine rings is 1. The van der Waals surface area contributed by atoms with Gasteiger partial charge in [0.25, 0.3) is 0 Å². The Morgan fingerprint density at radius 2 is 1.81 bits per heavy atom. The van der Waals surface area contributed by atoms with Crippen molar-refractivity contribution in [1.82, 2.24) is 10.4 Å². The van der Waals surface area contributed by atoms with Gasteiger partial charge in [0.15, 0.2) is 0 Å². The summed E-state index contributed by atoms with van der Waals surface area (Å²) in [4.78, 5) is 4.73. The zero-order valence-corrected chi connectivity index (χ0v) is 12.4. The van der Waals surface area contributed by atoms with E-state index in [1.807, 2.05) is 42.5 Å². The van der Waals surface area contributed by atoms with Crippen molar-refractivity contribution < 1.29 is 0 Å². The maximum atomic E-state index is 5.94. The number of para-hydroxylation sites is 1. The molecule has 21 heavy (non-hydrogen) atoms. The minimum absolute atomic E-state index is 0.162. The molecule has 0 radical (unpaired) electrons. The average molecular weight is 298 g/mol. The van der Waals surface area contributed by atoms with Crippen LogP contribution in [-0.2, 0) is 0 Å². The summed E-state index contributed by atoms with van der Waals surface area (Å²) >= 11 is 5.94. The highest BCUT2D eigenvalue weighted by Gasteiger charge is 2.15. The second-order valence-electron chi connectivity index (χ2n) is 5.03. The van der Waals surface area contributed by atoms with E-state index in [0.29, 0.717) is 5.02 Å². The fourth-order valence-electron chi connectivity index (χ4n) is 2.53. The number of nitrogens with one attached hydrogen (secondary N) is 1. The van der Waals surface area contributed by atoms with E-state index in [-0.39, 0.29) is 6.04 Å². The molecule has 0 fully saturated rings. The van der Waals surface area contributed by atoms with Crippen molar-refractivity contribution >= 4 is 22.5 Å². The van der Waals surface area contributed by atoms with E-state index in [1.165, 1.54) is 5.56 Å². The molecular weight excluding hydrogens is 282 g/mol. The number of fused-ring (bicyclic) bond motifs is 1. The molecule has 0 aliphatic heterocycles. The third-order valence-electron chi connectivity index (χ3n) is 3.61. The molecule has 3 aromatic rings. The number of aryl methyl sites for hydroxylation is 1. The Hall–Kier alpha value is -1.94. The minimum Gasteiger partial charge on any atom is -0.271 e. The second-order valence-corrected chi connectivity index (χ2v) is 5.47. The first-order valence-electron chi connectivity index (χ1n) is 6.77. The summed E-state index contributed by atoms with van der Waals surface area (Å²) < 4.78 is 0. The van der Waals surface area contributed by atoms with E-state index in [2.05, 4.69) is 24.5 Å². The zero-order valence-electron chi connectivity index (χ0n) is 11.7. The lowest BCUT2D eigenvalue weighted by Crippen LogP contribution is -2.29. The summed E-state index contributed by atoms with van der Waals surface area (Å²) in [5, 5.41) is 1.87. The molecule has 0 bridgehead atoms. The molecule has 3 N–H and O–H groups in total. The van der Waals surface area contributed by atoms with Crippen molar-refractivity contribution in [3.8, 4) is 0 Å². The number of benzene rings is 2. The van der Waals surface area contributed by atoms with Crippen molar-refractivity contribution in [2.75, 3.05) is 0 Å². The van der Waals surface area contributed by atoms with Crippen molar-refractivity contribution in [1.29, 1.82) is 0 Å². The number of hydrogen-bond donors (Lipinski definition) is 2. The first-order valence-corrected chi connectivity index (χ1v) is 7.14. The minimum atomic E-state index is -0.162. The van der Waals surface area contributed by atoms with Gasteiger partial charge in [-0.15, -0.1) is 0 Å². The average Bonchev–Trinajstić information content (AvgIpc) is 2.50. The van der Waals surface area contributed by atoms with Crippen LogP contribution in [0.2, 0.25) is 5.02 Å². The van der Waals surface area contributed by atoms with Crippen molar-refractivity contribution in [2.24, 2.45) is 5.84 Å². The van der Waals surface area contributed by atoms with Gasteiger partial charge >= 0.3 is 0 Å². The first kappa shape index (κ1) is 14.0. The molecule has 0 spiro atoms. The normalized spacial score (nSPS) is 12.5. The Bertz CT molecular complexity index is 769. The number of halogens is 1. The molecule has 0 amide bonds. The van der Waals surface area contributed by atoms with Crippen LogP contribution in [0.4, 0.5) is 0 Å². The van der Waals surface area contributed by atoms with Gasteiger partial charge in [0, 0.05) is 10.4 Å². The monoisotopic (exact) mass is 297 g/mol. The number of nitrogens with zero attached hydrogens (tertiary/aromatic N) is 1. The molecular formula is C17H16ClN3. The maximum Gasteiger partial charge on any atom is 0.0881 e. The largest absolute Gasteiger partial charge is 0.271 e. The topological polar surface area (TPSA) is 50.9 Å². The Labute approximate surface area is 128 Å². The van der Waals surface area contributed by atoms with E-state index in [1.54, 1.807) is 0 Å². The van der Waals surface area contributed by atoms with Crippen molar-refractivity contribution in [3.05, 3.63) is 76.4 Å². The molecule has 106 valence electrons. The molecule has 0 saturated carbocycles. The predicted octanol–water partition coefficient (Wildman–Crippen LogP) is 3.75. The molecule has 1 heterocycles. The molecule has 1 atom stereocenters. The van der Waals surface area contributed by atoms with Crippen LogP contribution in [0.5, 0.6) is 0 Å². The smallest absolute Gasteiger partial charge is 0.0881 e. The lowest BCUT2D eigenvalue weighted by atomic mass is 10.0. The van der Waals surface area contributed by atoms with Crippen LogP contribution in [0.3, 0.4) is 0 Å². The summed E-state index contributed by atoms with van der Waals surface area (Å²) in [6, 6.07) is 17.6. The van der Waals surface area contributed by atoms with Crippen LogP contribution < -0.4 is 11.3 Å². The van der Waals surface area contributed by atoms with Crippen LogP contribution in [0, 0.1) is 6.92 Å². The van der Waals surface area contributed by atoms with Crippen LogP contribution in [-0.4, -0.2) is 4.98 Å². The summed E-state index contributed by atoms with van der Waals surface area (Å²) in [6.45, 7) is 2.09. The fourth-order valence-corrected chi connectivity index (χ4v) is 2.66. The van der Waals surface area contributed by atoms with Gasteiger partial charge in [-0.3, -0.25) is 10.8 Å². The molecule has 3 nitrogen and oxygen atoms in total. The van der Waals surface area contributed by atoms with Crippen molar-refractivity contribution in [2.45, 2.75) is 13.0 Å². The summed E-state index contributed by atoms with van der Waals surface area (Å²) in [5.41, 5.74) is 6.93. The molecule has 4 heteroatoms. The summed E-state index contributed by atoms with van der Waals surface area (Å²) in [5.74, 6) is 5.75. The Balaban J connectivity index is 2.10. The van der Waals surface area contributed by atoms with E-state index < -0.39 is 0 Å². The van der Waals surface area contributed by atoms with E-state index in [4.69, 9.17) is 22.4 Å². The third kappa shape index (κ3) is 2.76. The lowest BCUT2D eigenvalue weighted by molar-refractivity contribution is 0.622.